The fourth-order valence-electron chi connectivity index (χ4n) is 3.00. The van der Waals surface area contributed by atoms with Crippen molar-refractivity contribution in [3.63, 3.8) is 0 Å². The van der Waals surface area contributed by atoms with E-state index in [-0.39, 0.29) is 0 Å². The second-order valence-corrected chi connectivity index (χ2v) is 6.86. The Kier molecular flexibility index (Phi) is 4.73. The molecule has 0 N–H and O–H groups in total. The van der Waals surface area contributed by atoms with Gasteiger partial charge in [0.2, 0.25) is 5.88 Å². The molecule has 2 heterocycles. The second-order valence-electron chi connectivity index (χ2n) is 5.83. The average Bonchev–Trinajstić information content (AvgIpc) is 3.18. The number of hydrogen-bond donors (Lipinski definition) is 0. The average molecular weight is 378 g/mol. The highest BCUT2D eigenvalue weighted by atomic mass is 32.1. The maximum Gasteiger partial charge on any atom is 0.344 e. The minimum Gasteiger partial charge on any atom is -0.477 e. The summed E-state index contributed by atoms with van der Waals surface area (Å²) in [4.78, 5) is 21.9. The lowest BCUT2D eigenvalue weighted by atomic mass is 10.1. The molecule has 6 heteroatoms. The Morgan fingerprint density at radius 1 is 0.963 bits per heavy atom. The monoisotopic (exact) mass is 378 g/mol. The van der Waals surface area contributed by atoms with Crippen LogP contribution in [-0.2, 0) is 4.74 Å². The maximum atomic E-state index is 12.6. The topological polar surface area (TPSA) is 61.3 Å². The fourth-order valence-corrected chi connectivity index (χ4v) is 3.99. The Hall–Kier alpha value is -2.99. The lowest BCUT2D eigenvalue weighted by Gasteiger charge is -2.04. The largest absolute Gasteiger partial charge is 0.477 e. The summed E-state index contributed by atoms with van der Waals surface area (Å²) in [7, 11) is 0. The standard InChI is InChI=1S/C21H18N2O3S/c1-3-25-19-17(21(24)26-4-2)13-9-5-6-10-14(18(13)23-19)20-22-15-11-7-8-12-16(15)27-20/h5-12H,3-4H2,1-2H3. The van der Waals surface area contributed by atoms with E-state index < -0.39 is 5.97 Å². The Labute approximate surface area is 160 Å². The van der Waals surface area contributed by atoms with Gasteiger partial charge in [0, 0.05) is 11.1 Å². The van der Waals surface area contributed by atoms with Crippen molar-refractivity contribution in [2.24, 2.45) is 0 Å². The van der Waals surface area contributed by atoms with Crippen molar-refractivity contribution in [1.82, 2.24) is 9.97 Å². The van der Waals surface area contributed by atoms with Gasteiger partial charge in [-0.2, -0.15) is 0 Å². The van der Waals surface area contributed by atoms with Crippen LogP contribution in [0, 0.1) is 0 Å². The molecule has 0 spiro atoms. The number of aromatic nitrogens is 2. The number of esters is 1. The number of nitrogens with zero attached hydrogens (tertiary/aromatic N) is 2. The van der Waals surface area contributed by atoms with E-state index in [9.17, 15) is 4.79 Å². The molecule has 27 heavy (non-hydrogen) atoms. The molecule has 0 fully saturated rings. The summed E-state index contributed by atoms with van der Waals surface area (Å²) in [5, 5.41) is 0.855. The number of thiazole rings is 1. The highest BCUT2D eigenvalue weighted by Crippen LogP contribution is 2.41. The fraction of sp³-hybridized carbons (Fsp3) is 0.190. The molecule has 0 bridgehead atoms. The number of para-hydroxylation sites is 1. The van der Waals surface area contributed by atoms with E-state index in [2.05, 4.69) is 4.98 Å². The maximum absolute atomic E-state index is 12.6. The van der Waals surface area contributed by atoms with Crippen LogP contribution < -0.4 is 4.74 Å². The van der Waals surface area contributed by atoms with Crippen LogP contribution in [0.1, 0.15) is 24.2 Å². The lowest BCUT2D eigenvalue weighted by molar-refractivity contribution is 0.0523. The van der Waals surface area contributed by atoms with E-state index in [1.165, 1.54) is 0 Å². The van der Waals surface area contributed by atoms with E-state index in [0.717, 1.165) is 20.8 Å². The summed E-state index contributed by atoms with van der Waals surface area (Å²) >= 11 is 1.60. The van der Waals surface area contributed by atoms with Crippen molar-refractivity contribution in [2.45, 2.75) is 13.8 Å². The first-order valence-corrected chi connectivity index (χ1v) is 9.63. The van der Waals surface area contributed by atoms with E-state index >= 15 is 0 Å². The lowest BCUT2D eigenvalue weighted by Crippen LogP contribution is -2.07. The Balaban J connectivity index is 1.93. The predicted octanol–water partition coefficient (Wildman–Crippen LogP) is 5.04. The molecule has 0 radical (unpaired) electrons. The number of carbonyl (C=O) groups is 1. The molecule has 1 aromatic heterocycles. The highest BCUT2D eigenvalue weighted by Gasteiger charge is 2.28. The Bertz CT molecular complexity index is 1060. The van der Waals surface area contributed by atoms with Gasteiger partial charge in [0.25, 0.3) is 0 Å². The normalized spacial score (nSPS) is 11.0. The molecule has 0 atom stereocenters. The zero-order valence-corrected chi connectivity index (χ0v) is 15.9. The zero-order chi connectivity index (χ0) is 18.8. The van der Waals surface area contributed by atoms with Crippen molar-refractivity contribution in [3.05, 3.63) is 54.1 Å². The van der Waals surface area contributed by atoms with Crippen molar-refractivity contribution >= 4 is 27.5 Å². The van der Waals surface area contributed by atoms with Gasteiger partial charge in [-0.1, -0.05) is 30.3 Å². The molecule has 1 aliphatic heterocycles. The van der Waals surface area contributed by atoms with Gasteiger partial charge >= 0.3 is 5.97 Å². The number of carbonyl (C=O) groups excluding carboxylic acids is 1. The summed E-state index contributed by atoms with van der Waals surface area (Å²) in [6.45, 7) is 4.35. The van der Waals surface area contributed by atoms with Gasteiger partial charge < -0.3 is 9.47 Å². The van der Waals surface area contributed by atoms with E-state index in [1.807, 2.05) is 55.5 Å². The third kappa shape index (κ3) is 3.13. The molecule has 2 aromatic rings. The highest BCUT2D eigenvalue weighted by molar-refractivity contribution is 7.21. The number of rotatable bonds is 5. The second kappa shape index (κ2) is 7.32. The van der Waals surface area contributed by atoms with Gasteiger partial charge in [-0.15, -0.1) is 11.3 Å². The van der Waals surface area contributed by atoms with Gasteiger partial charge in [0.1, 0.15) is 10.6 Å². The minimum atomic E-state index is -0.426. The Morgan fingerprint density at radius 2 is 1.70 bits per heavy atom. The van der Waals surface area contributed by atoms with Crippen molar-refractivity contribution < 1.29 is 14.3 Å². The SMILES string of the molecule is CCOC(=O)c1c2ccccc(-c3nc4ccccc4s3)c-2nc1OCC. The molecule has 2 aliphatic rings. The van der Waals surface area contributed by atoms with Crippen molar-refractivity contribution in [3.8, 4) is 27.7 Å². The van der Waals surface area contributed by atoms with Crippen molar-refractivity contribution in [1.29, 1.82) is 0 Å². The summed E-state index contributed by atoms with van der Waals surface area (Å²) in [5.41, 5.74) is 3.57. The van der Waals surface area contributed by atoms with E-state index in [1.54, 1.807) is 18.3 Å². The molecule has 0 saturated carbocycles. The van der Waals surface area contributed by atoms with Gasteiger partial charge in [0.15, 0.2) is 0 Å². The smallest absolute Gasteiger partial charge is 0.344 e. The third-order valence-corrected chi connectivity index (χ3v) is 5.20. The molecular weight excluding hydrogens is 360 g/mol. The first-order chi connectivity index (χ1) is 13.2. The van der Waals surface area contributed by atoms with Crippen LogP contribution in [-0.4, -0.2) is 29.2 Å². The molecule has 0 unspecified atom stereocenters. The predicted molar refractivity (Wildman–Crippen MR) is 107 cm³/mol. The number of fused-ring (bicyclic) bond motifs is 2. The first kappa shape index (κ1) is 17.4. The number of hydrogen-bond acceptors (Lipinski definition) is 6. The summed E-state index contributed by atoms with van der Waals surface area (Å²) < 4.78 is 12.0. The number of ether oxygens (including phenoxy) is 2. The first-order valence-electron chi connectivity index (χ1n) is 8.81. The van der Waals surface area contributed by atoms with Gasteiger partial charge in [-0.25, -0.2) is 14.8 Å². The molecule has 1 aromatic carbocycles. The molecule has 1 aliphatic carbocycles. The molecule has 0 amide bonds. The molecule has 136 valence electrons. The zero-order valence-electron chi connectivity index (χ0n) is 15.1. The van der Waals surface area contributed by atoms with Crippen LogP contribution in [0.3, 0.4) is 0 Å². The molecular formula is C21H18N2O3S. The van der Waals surface area contributed by atoms with Crippen LogP contribution in [0.4, 0.5) is 0 Å². The van der Waals surface area contributed by atoms with Gasteiger partial charge in [-0.3, -0.25) is 0 Å². The van der Waals surface area contributed by atoms with Crippen LogP contribution in [0.2, 0.25) is 0 Å². The molecule has 0 saturated heterocycles. The van der Waals surface area contributed by atoms with E-state index in [0.29, 0.717) is 35.9 Å². The third-order valence-electron chi connectivity index (χ3n) is 4.13. The van der Waals surface area contributed by atoms with Crippen LogP contribution >= 0.6 is 11.3 Å². The summed E-state index contributed by atoms with van der Waals surface area (Å²) in [6, 6.07) is 15.7. The van der Waals surface area contributed by atoms with Gasteiger partial charge in [0.05, 0.1) is 29.1 Å². The summed E-state index contributed by atoms with van der Waals surface area (Å²) in [5.74, 6) is -0.121. The van der Waals surface area contributed by atoms with E-state index in [4.69, 9.17) is 14.5 Å². The van der Waals surface area contributed by atoms with Crippen LogP contribution in [0.15, 0.2) is 48.5 Å². The minimum absolute atomic E-state index is 0.292. The van der Waals surface area contributed by atoms with Crippen LogP contribution in [0.25, 0.3) is 32.0 Å². The quantitative estimate of drug-likeness (QED) is 0.455. The Morgan fingerprint density at radius 3 is 2.44 bits per heavy atom. The van der Waals surface area contributed by atoms with Crippen LogP contribution in [0.5, 0.6) is 5.88 Å². The summed E-state index contributed by atoms with van der Waals surface area (Å²) in [6.07, 6.45) is 0. The van der Waals surface area contributed by atoms with Crippen molar-refractivity contribution in [2.75, 3.05) is 13.2 Å². The van der Waals surface area contributed by atoms with Gasteiger partial charge in [-0.05, 0) is 32.0 Å². The number of benzene rings is 1. The molecule has 5 nitrogen and oxygen atoms in total. The molecule has 4 rings (SSSR count).